The largest absolute Gasteiger partial charge is 0.491 e. The van der Waals surface area contributed by atoms with E-state index >= 15 is 0 Å². The average Bonchev–Trinajstić information content (AvgIpc) is 3.19. The lowest BCUT2D eigenvalue weighted by molar-refractivity contribution is -0.122. The lowest BCUT2D eigenvalue weighted by atomic mass is 10.2. The number of hydrogen-bond acceptors (Lipinski definition) is 4. The maximum absolute atomic E-state index is 12.5. The van der Waals surface area contributed by atoms with E-state index in [1.54, 1.807) is 0 Å². The molecular weight excluding hydrogens is 330 g/mol. The molecule has 2 aromatic rings. The predicted octanol–water partition coefficient (Wildman–Crippen LogP) is 4.04. The second-order valence-corrected chi connectivity index (χ2v) is 6.29. The fourth-order valence-corrected chi connectivity index (χ4v) is 2.84. The number of amides is 1. The van der Waals surface area contributed by atoms with Crippen LogP contribution in [0.25, 0.3) is 0 Å². The molecule has 1 aliphatic rings. The van der Waals surface area contributed by atoms with Gasteiger partial charge in [-0.1, -0.05) is 31.2 Å². The summed E-state index contributed by atoms with van der Waals surface area (Å²) in [6.07, 6.45) is 2.32. The van der Waals surface area contributed by atoms with Crippen LogP contribution in [0.5, 0.6) is 11.5 Å². The third-order valence-electron chi connectivity index (χ3n) is 4.25. The number of nitrogens with one attached hydrogen (secondary N) is 1. The topological polar surface area (TPSA) is 56.8 Å². The molecule has 1 aliphatic heterocycles. The summed E-state index contributed by atoms with van der Waals surface area (Å²) in [5, 5.41) is 2.91. The first kappa shape index (κ1) is 18.3. The van der Waals surface area contributed by atoms with E-state index in [0.717, 1.165) is 25.2 Å². The maximum Gasteiger partial charge on any atom is 0.265 e. The summed E-state index contributed by atoms with van der Waals surface area (Å²) >= 11 is 0. The molecule has 2 unspecified atom stereocenters. The van der Waals surface area contributed by atoms with Crippen LogP contribution in [0, 0.1) is 0 Å². The number of ether oxygens (including phenoxy) is 3. The Morgan fingerprint density at radius 1 is 1.19 bits per heavy atom. The zero-order chi connectivity index (χ0) is 18.2. The van der Waals surface area contributed by atoms with Gasteiger partial charge in [0.25, 0.3) is 5.91 Å². The van der Waals surface area contributed by atoms with E-state index in [2.05, 4.69) is 5.32 Å². The fraction of sp³-hybridized carbons (Fsp3) is 0.381. The Bertz CT molecular complexity index is 698. The van der Waals surface area contributed by atoms with Gasteiger partial charge in [-0.25, -0.2) is 0 Å². The minimum atomic E-state index is -0.547. The van der Waals surface area contributed by atoms with Gasteiger partial charge in [0.15, 0.2) is 6.10 Å². The van der Waals surface area contributed by atoms with E-state index in [0.29, 0.717) is 24.5 Å². The normalized spacial score (nSPS) is 17.5. The molecule has 1 fully saturated rings. The van der Waals surface area contributed by atoms with E-state index < -0.39 is 6.10 Å². The quantitative estimate of drug-likeness (QED) is 0.776. The first-order valence-electron chi connectivity index (χ1n) is 9.11. The van der Waals surface area contributed by atoms with Crippen LogP contribution < -0.4 is 14.8 Å². The van der Waals surface area contributed by atoms with Crippen molar-refractivity contribution in [3.05, 3.63) is 54.6 Å². The Hall–Kier alpha value is -2.53. The second kappa shape index (κ2) is 9.25. The van der Waals surface area contributed by atoms with Crippen molar-refractivity contribution >= 4 is 11.6 Å². The van der Waals surface area contributed by atoms with E-state index in [-0.39, 0.29) is 12.0 Å². The zero-order valence-electron chi connectivity index (χ0n) is 15.0. The monoisotopic (exact) mass is 355 g/mol. The molecule has 0 aliphatic carbocycles. The highest BCUT2D eigenvalue weighted by Gasteiger charge is 2.19. The summed E-state index contributed by atoms with van der Waals surface area (Å²) in [7, 11) is 0. The van der Waals surface area contributed by atoms with Gasteiger partial charge in [-0.2, -0.15) is 0 Å². The van der Waals surface area contributed by atoms with Gasteiger partial charge in [0, 0.05) is 18.4 Å². The molecule has 1 saturated heterocycles. The van der Waals surface area contributed by atoms with Crippen molar-refractivity contribution in [1.29, 1.82) is 0 Å². The molecule has 5 heteroatoms. The van der Waals surface area contributed by atoms with E-state index in [9.17, 15) is 4.79 Å². The molecule has 2 atom stereocenters. The molecule has 2 aromatic carbocycles. The van der Waals surface area contributed by atoms with Gasteiger partial charge in [-0.05, 0) is 43.5 Å². The van der Waals surface area contributed by atoms with E-state index in [1.807, 2.05) is 61.5 Å². The molecule has 0 spiro atoms. The summed E-state index contributed by atoms with van der Waals surface area (Å²) in [6.45, 7) is 3.27. The summed E-state index contributed by atoms with van der Waals surface area (Å²) in [5.41, 5.74) is 0.690. The molecule has 0 aromatic heterocycles. The molecule has 3 rings (SSSR count). The van der Waals surface area contributed by atoms with Crippen LogP contribution in [-0.2, 0) is 9.53 Å². The summed E-state index contributed by atoms with van der Waals surface area (Å²) in [6, 6.07) is 16.8. The highest BCUT2D eigenvalue weighted by Crippen LogP contribution is 2.21. The SMILES string of the molecule is CCC(Oc1ccccc1)C(=O)Nc1cccc(OCC2CCCO2)c1. The molecule has 1 heterocycles. The van der Waals surface area contributed by atoms with Gasteiger partial charge in [-0.3, -0.25) is 4.79 Å². The molecule has 1 amide bonds. The number of para-hydroxylation sites is 1. The Morgan fingerprint density at radius 2 is 2.00 bits per heavy atom. The summed E-state index contributed by atoms with van der Waals surface area (Å²) < 4.78 is 17.1. The van der Waals surface area contributed by atoms with E-state index in [1.165, 1.54) is 0 Å². The number of carbonyl (C=O) groups is 1. The minimum absolute atomic E-state index is 0.164. The highest BCUT2D eigenvalue weighted by atomic mass is 16.5. The Balaban J connectivity index is 1.56. The van der Waals surface area contributed by atoms with Crippen molar-refractivity contribution in [2.45, 2.75) is 38.4 Å². The van der Waals surface area contributed by atoms with Crippen LogP contribution in [0.1, 0.15) is 26.2 Å². The number of rotatable bonds is 8. The van der Waals surface area contributed by atoms with Gasteiger partial charge in [0.05, 0.1) is 6.10 Å². The Morgan fingerprint density at radius 3 is 2.73 bits per heavy atom. The lowest BCUT2D eigenvalue weighted by Gasteiger charge is -2.18. The van der Waals surface area contributed by atoms with Crippen molar-refractivity contribution in [3.8, 4) is 11.5 Å². The van der Waals surface area contributed by atoms with Crippen LogP contribution in [0.4, 0.5) is 5.69 Å². The van der Waals surface area contributed by atoms with Crippen molar-refractivity contribution in [2.75, 3.05) is 18.5 Å². The summed E-state index contributed by atoms with van der Waals surface area (Å²) in [4.78, 5) is 12.5. The van der Waals surface area contributed by atoms with E-state index in [4.69, 9.17) is 14.2 Å². The van der Waals surface area contributed by atoms with Crippen LogP contribution in [-0.4, -0.2) is 31.3 Å². The molecule has 26 heavy (non-hydrogen) atoms. The molecule has 0 saturated carbocycles. The molecular formula is C21H25NO4. The highest BCUT2D eigenvalue weighted by molar-refractivity contribution is 5.94. The number of hydrogen-bond donors (Lipinski definition) is 1. The van der Waals surface area contributed by atoms with Crippen LogP contribution in [0.3, 0.4) is 0 Å². The van der Waals surface area contributed by atoms with Gasteiger partial charge in [0.2, 0.25) is 0 Å². The molecule has 5 nitrogen and oxygen atoms in total. The molecule has 0 bridgehead atoms. The minimum Gasteiger partial charge on any atom is -0.491 e. The van der Waals surface area contributed by atoms with Crippen molar-refractivity contribution < 1.29 is 19.0 Å². The molecule has 1 N–H and O–H groups in total. The fourth-order valence-electron chi connectivity index (χ4n) is 2.84. The standard InChI is InChI=1S/C21H25NO4/c1-2-20(26-17-9-4-3-5-10-17)21(23)22-16-8-6-11-18(14-16)25-15-19-12-7-13-24-19/h3-6,8-11,14,19-20H,2,7,12-13,15H2,1H3,(H,22,23). The van der Waals surface area contributed by atoms with Crippen LogP contribution in [0.15, 0.2) is 54.6 Å². The van der Waals surface area contributed by atoms with Gasteiger partial charge in [0.1, 0.15) is 18.1 Å². The average molecular weight is 355 g/mol. The lowest BCUT2D eigenvalue weighted by Crippen LogP contribution is -2.32. The number of anilines is 1. The maximum atomic E-state index is 12.5. The number of benzene rings is 2. The third kappa shape index (κ3) is 5.23. The zero-order valence-corrected chi connectivity index (χ0v) is 15.0. The summed E-state index contributed by atoms with van der Waals surface area (Å²) in [5.74, 6) is 1.23. The second-order valence-electron chi connectivity index (χ2n) is 6.29. The Labute approximate surface area is 154 Å². The van der Waals surface area contributed by atoms with Gasteiger partial charge < -0.3 is 19.5 Å². The Kier molecular flexibility index (Phi) is 6.50. The van der Waals surface area contributed by atoms with Crippen molar-refractivity contribution in [1.82, 2.24) is 0 Å². The first-order valence-corrected chi connectivity index (χ1v) is 9.11. The van der Waals surface area contributed by atoms with Gasteiger partial charge in [-0.15, -0.1) is 0 Å². The molecule has 138 valence electrons. The van der Waals surface area contributed by atoms with Gasteiger partial charge >= 0.3 is 0 Å². The van der Waals surface area contributed by atoms with Crippen LogP contribution >= 0.6 is 0 Å². The molecule has 0 radical (unpaired) electrons. The van der Waals surface area contributed by atoms with Crippen molar-refractivity contribution in [3.63, 3.8) is 0 Å². The third-order valence-corrected chi connectivity index (χ3v) is 4.25. The smallest absolute Gasteiger partial charge is 0.265 e. The van der Waals surface area contributed by atoms with Crippen LogP contribution in [0.2, 0.25) is 0 Å². The number of carbonyl (C=O) groups excluding carboxylic acids is 1. The van der Waals surface area contributed by atoms with Crippen molar-refractivity contribution in [2.24, 2.45) is 0 Å². The first-order chi connectivity index (χ1) is 12.7. The predicted molar refractivity (Wildman–Crippen MR) is 101 cm³/mol.